The van der Waals surface area contributed by atoms with Gasteiger partial charge in [0.15, 0.2) is 0 Å². The van der Waals surface area contributed by atoms with E-state index in [2.05, 4.69) is 32.5 Å². The lowest BCUT2D eigenvalue weighted by Gasteiger charge is -2.33. The second kappa shape index (κ2) is 10.4. The quantitative estimate of drug-likeness (QED) is 0.524. The number of piperidine rings is 1. The van der Waals surface area contributed by atoms with E-state index in [1.165, 1.54) is 0 Å². The molecule has 2 aromatic heterocycles. The zero-order valence-electron chi connectivity index (χ0n) is 21.3. The van der Waals surface area contributed by atoms with Crippen LogP contribution >= 0.6 is 12.4 Å². The van der Waals surface area contributed by atoms with Gasteiger partial charge in [0.25, 0.3) is 5.91 Å². The number of likely N-dealkylation sites (tertiary alicyclic amines) is 1. The molecule has 2 aliphatic heterocycles. The molecule has 3 aliphatic rings. The Hall–Kier alpha value is -2.97. The number of aromatic nitrogens is 4. The molecular formula is C28H35ClN6O2. The van der Waals surface area contributed by atoms with E-state index < -0.39 is 0 Å². The lowest BCUT2D eigenvalue weighted by molar-refractivity contribution is 0.0788. The Bertz CT molecular complexity index is 1240. The van der Waals surface area contributed by atoms with Crippen molar-refractivity contribution in [1.82, 2.24) is 24.6 Å². The van der Waals surface area contributed by atoms with Crippen molar-refractivity contribution in [1.29, 1.82) is 0 Å². The molecule has 3 fully saturated rings. The summed E-state index contributed by atoms with van der Waals surface area (Å²) in [7, 11) is 0. The number of hydrogen-bond acceptors (Lipinski definition) is 6. The number of nitrogens with zero attached hydrogens (tertiary/aromatic N) is 6. The Morgan fingerprint density at radius 3 is 2.49 bits per heavy atom. The second-order valence-corrected chi connectivity index (χ2v) is 10.8. The van der Waals surface area contributed by atoms with Crippen LogP contribution in [0.15, 0.2) is 48.9 Å². The van der Waals surface area contributed by atoms with E-state index in [1.807, 2.05) is 35.4 Å². The fraction of sp³-hybridized carbons (Fsp3) is 0.500. The smallest absolute Gasteiger partial charge is 0.257 e. The van der Waals surface area contributed by atoms with Gasteiger partial charge in [-0.2, -0.15) is 5.10 Å². The molecule has 1 N–H and O–H groups in total. The third-order valence-corrected chi connectivity index (χ3v) is 8.38. The largest absolute Gasteiger partial charge is 0.392 e. The van der Waals surface area contributed by atoms with E-state index in [0.717, 1.165) is 80.1 Å². The molecule has 1 aromatic carbocycles. The van der Waals surface area contributed by atoms with Gasteiger partial charge in [-0.05, 0) is 49.3 Å². The van der Waals surface area contributed by atoms with E-state index in [4.69, 9.17) is 5.10 Å². The Kier molecular flexibility index (Phi) is 7.23. The lowest BCUT2D eigenvalue weighted by Crippen LogP contribution is -2.37. The van der Waals surface area contributed by atoms with E-state index in [1.54, 1.807) is 12.4 Å². The highest BCUT2D eigenvalue weighted by Crippen LogP contribution is 2.50. The minimum atomic E-state index is 0. The lowest BCUT2D eigenvalue weighted by atomic mass is 9.94. The third kappa shape index (κ3) is 4.84. The van der Waals surface area contributed by atoms with Gasteiger partial charge in [-0.25, -0.2) is 9.97 Å². The number of carbonyl (C=O) groups excluding carboxylic acids is 1. The Labute approximate surface area is 224 Å². The predicted octanol–water partition coefficient (Wildman–Crippen LogP) is 4.11. The third-order valence-electron chi connectivity index (χ3n) is 8.38. The van der Waals surface area contributed by atoms with Crippen LogP contribution < -0.4 is 4.90 Å². The van der Waals surface area contributed by atoms with Gasteiger partial charge in [-0.15, -0.1) is 12.4 Å². The maximum absolute atomic E-state index is 13.8. The highest BCUT2D eigenvalue weighted by Gasteiger charge is 2.46. The van der Waals surface area contributed by atoms with Crippen LogP contribution in [0, 0.1) is 0 Å². The molecule has 0 spiro atoms. The first-order valence-electron chi connectivity index (χ1n) is 13.2. The maximum atomic E-state index is 13.8. The van der Waals surface area contributed by atoms with Gasteiger partial charge in [0.1, 0.15) is 0 Å². The number of aliphatic hydroxyl groups is 1. The molecule has 9 heteroatoms. The summed E-state index contributed by atoms with van der Waals surface area (Å²) in [6.45, 7) is 5.49. The van der Waals surface area contributed by atoms with Crippen LogP contribution in [0.1, 0.15) is 78.2 Å². The number of aliphatic hydroxyl groups excluding tert-OH is 1. The SMILES string of the molecule is CC1(c2c(C(=O)N3CCC(c4ccccc4CO)C3)cnn2C2CCN(c3ncccn3)CC2)CC1.Cl. The average molecular weight is 523 g/mol. The van der Waals surface area contributed by atoms with Crippen molar-refractivity contribution in [2.75, 3.05) is 31.1 Å². The van der Waals surface area contributed by atoms with Crippen LogP contribution in [0.5, 0.6) is 0 Å². The summed E-state index contributed by atoms with van der Waals surface area (Å²) < 4.78 is 2.18. The van der Waals surface area contributed by atoms with Crippen LogP contribution in [-0.4, -0.2) is 61.8 Å². The molecule has 3 aromatic rings. The van der Waals surface area contributed by atoms with E-state index in [0.29, 0.717) is 6.54 Å². The summed E-state index contributed by atoms with van der Waals surface area (Å²) in [6.07, 6.45) is 10.4. The number of amides is 1. The van der Waals surface area contributed by atoms with Crippen molar-refractivity contribution < 1.29 is 9.90 Å². The number of hydrogen-bond donors (Lipinski definition) is 1. The molecule has 196 valence electrons. The molecule has 8 nitrogen and oxygen atoms in total. The zero-order valence-corrected chi connectivity index (χ0v) is 22.1. The van der Waals surface area contributed by atoms with E-state index in [9.17, 15) is 9.90 Å². The molecule has 4 heterocycles. The first kappa shape index (κ1) is 25.7. The van der Waals surface area contributed by atoms with Crippen molar-refractivity contribution in [2.45, 2.75) is 63.0 Å². The summed E-state index contributed by atoms with van der Waals surface area (Å²) >= 11 is 0. The zero-order chi connectivity index (χ0) is 24.7. The summed E-state index contributed by atoms with van der Waals surface area (Å²) in [4.78, 5) is 26.8. The number of carbonyl (C=O) groups is 1. The first-order chi connectivity index (χ1) is 17.6. The van der Waals surface area contributed by atoms with Crippen LogP contribution in [0.2, 0.25) is 0 Å². The molecular weight excluding hydrogens is 488 g/mol. The van der Waals surface area contributed by atoms with Crippen molar-refractivity contribution in [3.05, 3.63) is 71.3 Å². The minimum Gasteiger partial charge on any atom is -0.392 e. The summed E-state index contributed by atoms with van der Waals surface area (Å²) in [5, 5.41) is 14.6. The molecule has 6 rings (SSSR count). The van der Waals surface area contributed by atoms with Gasteiger partial charge in [-0.1, -0.05) is 31.2 Å². The summed E-state index contributed by atoms with van der Waals surface area (Å²) in [5.74, 6) is 1.15. The van der Waals surface area contributed by atoms with Crippen LogP contribution in [0.4, 0.5) is 5.95 Å². The standard InChI is InChI=1S/C28H34N6O2.ClH/c1-28(10-11-28)25-24(26(36)33-14-7-20(18-33)23-6-3-2-5-21(23)19-35)17-31-34(25)22-8-15-32(16-9-22)27-29-12-4-13-30-27;/h2-6,12-13,17,20,22,35H,7-11,14-16,18-19H2,1H3;1H. The molecule has 1 aliphatic carbocycles. The van der Waals surface area contributed by atoms with Crippen molar-refractivity contribution in [3.63, 3.8) is 0 Å². The van der Waals surface area contributed by atoms with E-state index in [-0.39, 0.29) is 42.3 Å². The monoisotopic (exact) mass is 522 g/mol. The van der Waals surface area contributed by atoms with Gasteiger partial charge in [0, 0.05) is 49.9 Å². The fourth-order valence-corrected chi connectivity index (χ4v) is 6.03. The topological polar surface area (TPSA) is 87.4 Å². The van der Waals surface area contributed by atoms with Gasteiger partial charge in [0.2, 0.25) is 5.95 Å². The summed E-state index contributed by atoms with van der Waals surface area (Å²) in [6, 6.07) is 10.2. The Balaban J connectivity index is 0.00000280. The molecule has 0 bridgehead atoms. The van der Waals surface area contributed by atoms with E-state index >= 15 is 0 Å². The summed E-state index contributed by atoms with van der Waals surface area (Å²) in [5.41, 5.74) is 4.06. The van der Waals surface area contributed by atoms with Crippen molar-refractivity contribution in [2.24, 2.45) is 0 Å². The molecule has 37 heavy (non-hydrogen) atoms. The molecule has 1 atom stereocenters. The predicted molar refractivity (Wildman–Crippen MR) is 144 cm³/mol. The normalized spacial score (nSPS) is 21.1. The maximum Gasteiger partial charge on any atom is 0.257 e. The molecule has 2 saturated heterocycles. The Morgan fingerprint density at radius 1 is 1.05 bits per heavy atom. The molecule has 1 unspecified atom stereocenters. The van der Waals surface area contributed by atoms with Gasteiger partial charge < -0.3 is 14.9 Å². The number of benzene rings is 1. The molecule has 0 radical (unpaired) electrons. The van der Waals surface area contributed by atoms with Crippen LogP contribution in [-0.2, 0) is 12.0 Å². The number of rotatable bonds is 6. The Morgan fingerprint density at radius 2 is 1.78 bits per heavy atom. The molecule has 1 amide bonds. The van der Waals surface area contributed by atoms with Crippen molar-refractivity contribution >= 4 is 24.3 Å². The van der Waals surface area contributed by atoms with Gasteiger partial charge in [-0.3, -0.25) is 9.48 Å². The number of halogens is 1. The number of anilines is 1. The van der Waals surface area contributed by atoms with Gasteiger partial charge >= 0.3 is 0 Å². The second-order valence-electron chi connectivity index (χ2n) is 10.8. The highest BCUT2D eigenvalue weighted by atomic mass is 35.5. The highest BCUT2D eigenvalue weighted by molar-refractivity contribution is 5.96. The van der Waals surface area contributed by atoms with Crippen molar-refractivity contribution in [3.8, 4) is 0 Å². The van der Waals surface area contributed by atoms with Crippen LogP contribution in [0.25, 0.3) is 0 Å². The average Bonchev–Trinajstić information content (AvgIpc) is 3.32. The van der Waals surface area contributed by atoms with Crippen LogP contribution in [0.3, 0.4) is 0 Å². The first-order valence-corrected chi connectivity index (χ1v) is 13.2. The minimum absolute atomic E-state index is 0. The molecule has 1 saturated carbocycles. The van der Waals surface area contributed by atoms with Gasteiger partial charge in [0.05, 0.1) is 30.1 Å². The fourth-order valence-electron chi connectivity index (χ4n) is 6.03.